The van der Waals surface area contributed by atoms with Gasteiger partial charge in [-0.25, -0.2) is 0 Å². The SMILES string of the molecule is C=C(C(=S)NC(C)c1ccc(Br)cc1)C(C)(C)CC. The summed E-state index contributed by atoms with van der Waals surface area (Å²) in [6.45, 7) is 12.8. The molecular formula is C16H22BrNS. The highest BCUT2D eigenvalue weighted by atomic mass is 79.9. The zero-order valence-corrected chi connectivity index (χ0v) is 14.5. The van der Waals surface area contributed by atoms with Crippen LogP contribution in [0.4, 0.5) is 0 Å². The third-order valence-electron chi connectivity index (χ3n) is 3.69. The first kappa shape index (κ1) is 16.4. The first-order valence-corrected chi connectivity index (χ1v) is 7.73. The van der Waals surface area contributed by atoms with Gasteiger partial charge in [0.1, 0.15) is 4.99 Å². The molecule has 0 aliphatic rings. The molecule has 1 unspecified atom stereocenters. The first-order chi connectivity index (χ1) is 8.77. The maximum atomic E-state index is 5.47. The van der Waals surface area contributed by atoms with E-state index in [2.05, 4.69) is 67.7 Å². The minimum Gasteiger partial charge on any atom is -0.370 e. The van der Waals surface area contributed by atoms with E-state index in [-0.39, 0.29) is 11.5 Å². The summed E-state index contributed by atoms with van der Waals surface area (Å²) in [5.41, 5.74) is 2.27. The Morgan fingerprint density at radius 3 is 2.37 bits per heavy atom. The summed E-state index contributed by atoms with van der Waals surface area (Å²) in [5, 5.41) is 3.37. The van der Waals surface area contributed by atoms with Crippen molar-refractivity contribution in [2.75, 3.05) is 0 Å². The summed E-state index contributed by atoms with van der Waals surface area (Å²) in [6.07, 6.45) is 1.03. The Balaban J connectivity index is 2.72. The van der Waals surface area contributed by atoms with Gasteiger partial charge in [-0.3, -0.25) is 0 Å². The monoisotopic (exact) mass is 339 g/mol. The lowest BCUT2D eigenvalue weighted by molar-refractivity contribution is 0.445. The molecule has 0 saturated heterocycles. The lowest BCUT2D eigenvalue weighted by Crippen LogP contribution is -2.31. The smallest absolute Gasteiger partial charge is 0.102 e. The molecule has 0 bridgehead atoms. The molecule has 1 nitrogen and oxygen atoms in total. The van der Waals surface area contributed by atoms with Gasteiger partial charge in [-0.2, -0.15) is 0 Å². The third kappa shape index (κ3) is 4.43. The van der Waals surface area contributed by atoms with Crippen LogP contribution in [0, 0.1) is 5.41 Å². The van der Waals surface area contributed by atoms with Crippen LogP contribution in [-0.4, -0.2) is 4.99 Å². The van der Waals surface area contributed by atoms with Crippen molar-refractivity contribution in [2.24, 2.45) is 5.41 Å². The highest BCUT2D eigenvalue weighted by molar-refractivity contribution is 9.10. The Kier molecular flexibility index (Phi) is 5.75. The molecule has 104 valence electrons. The average molecular weight is 340 g/mol. The van der Waals surface area contributed by atoms with E-state index >= 15 is 0 Å². The van der Waals surface area contributed by atoms with Gasteiger partial charge in [-0.1, -0.05) is 67.6 Å². The van der Waals surface area contributed by atoms with Gasteiger partial charge in [0.15, 0.2) is 0 Å². The normalized spacial score (nSPS) is 12.9. The molecule has 0 radical (unpaired) electrons. The Labute approximate surface area is 130 Å². The number of rotatable bonds is 5. The van der Waals surface area contributed by atoms with Crippen LogP contribution >= 0.6 is 28.1 Å². The van der Waals surface area contributed by atoms with E-state index in [1.807, 2.05) is 12.1 Å². The molecule has 0 fully saturated rings. The van der Waals surface area contributed by atoms with E-state index in [0.29, 0.717) is 0 Å². The van der Waals surface area contributed by atoms with Crippen LogP contribution in [0.3, 0.4) is 0 Å². The summed E-state index contributed by atoms with van der Waals surface area (Å²) in [6, 6.07) is 8.46. The predicted octanol–water partition coefficient (Wildman–Crippen LogP) is 5.42. The molecular weight excluding hydrogens is 318 g/mol. The van der Waals surface area contributed by atoms with Gasteiger partial charge in [0.05, 0.1) is 0 Å². The Bertz CT molecular complexity index is 462. The molecule has 0 aliphatic heterocycles. The molecule has 0 aliphatic carbocycles. The van der Waals surface area contributed by atoms with Crippen LogP contribution in [0.1, 0.15) is 45.7 Å². The van der Waals surface area contributed by atoms with Crippen LogP contribution in [0.15, 0.2) is 40.9 Å². The van der Waals surface area contributed by atoms with Crippen molar-refractivity contribution in [3.05, 3.63) is 46.5 Å². The van der Waals surface area contributed by atoms with E-state index in [1.54, 1.807) is 0 Å². The number of nitrogens with one attached hydrogen (secondary N) is 1. The molecule has 0 spiro atoms. The first-order valence-electron chi connectivity index (χ1n) is 6.53. The van der Waals surface area contributed by atoms with E-state index in [9.17, 15) is 0 Å². The summed E-state index contributed by atoms with van der Waals surface area (Å²) in [7, 11) is 0. The number of halogens is 1. The van der Waals surface area contributed by atoms with Crippen molar-refractivity contribution in [3.63, 3.8) is 0 Å². The second-order valence-corrected chi connectivity index (χ2v) is 6.79. The van der Waals surface area contributed by atoms with E-state index in [4.69, 9.17) is 12.2 Å². The fourth-order valence-corrected chi connectivity index (χ4v) is 2.36. The largest absolute Gasteiger partial charge is 0.370 e. The highest BCUT2D eigenvalue weighted by Crippen LogP contribution is 2.29. The van der Waals surface area contributed by atoms with Crippen molar-refractivity contribution < 1.29 is 0 Å². The van der Waals surface area contributed by atoms with Crippen LogP contribution in [-0.2, 0) is 0 Å². The van der Waals surface area contributed by atoms with Crippen molar-refractivity contribution >= 4 is 33.1 Å². The van der Waals surface area contributed by atoms with Crippen LogP contribution in [0.2, 0.25) is 0 Å². The Hall–Kier alpha value is -0.670. The number of thiocarbonyl (C=S) groups is 1. The molecule has 19 heavy (non-hydrogen) atoms. The van der Waals surface area contributed by atoms with Crippen molar-refractivity contribution in [3.8, 4) is 0 Å². The molecule has 1 aromatic rings. The topological polar surface area (TPSA) is 12.0 Å². The van der Waals surface area contributed by atoms with E-state index < -0.39 is 0 Å². The lowest BCUT2D eigenvalue weighted by atomic mass is 9.82. The number of hydrogen-bond acceptors (Lipinski definition) is 1. The van der Waals surface area contributed by atoms with Crippen LogP contribution in [0.5, 0.6) is 0 Å². The molecule has 3 heteroatoms. The molecule has 1 N–H and O–H groups in total. The van der Waals surface area contributed by atoms with E-state index in [0.717, 1.165) is 21.5 Å². The van der Waals surface area contributed by atoms with Gasteiger partial charge in [-0.05, 0) is 42.0 Å². The molecule has 1 rings (SSSR count). The Morgan fingerprint density at radius 2 is 1.89 bits per heavy atom. The van der Waals surface area contributed by atoms with Gasteiger partial charge in [0.25, 0.3) is 0 Å². The zero-order valence-electron chi connectivity index (χ0n) is 12.1. The van der Waals surface area contributed by atoms with Crippen molar-refractivity contribution in [2.45, 2.75) is 40.2 Å². The quantitative estimate of drug-likeness (QED) is 0.567. The summed E-state index contributed by atoms with van der Waals surface area (Å²) < 4.78 is 1.09. The summed E-state index contributed by atoms with van der Waals surface area (Å²) in [4.78, 5) is 0.766. The molecule has 0 amide bonds. The average Bonchev–Trinajstić information content (AvgIpc) is 2.38. The van der Waals surface area contributed by atoms with Gasteiger partial charge in [0, 0.05) is 10.5 Å². The maximum absolute atomic E-state index is 5.47. The summed E-state index contributed by atoms with van der Waals surface area (Å²) >= 11 is 8.92. The van der Waals surface area contributed by atoms with Gasteiger partial charge in [0.2, 0.25) is 0 Å². The minimum atomic E-state index is 0.0452. The van der Waals surface area contributed by atoms with Gasteiger partial charge in [-0.15, -0.1) is 0 Å². The maximum Gasteiger partial charge on any atom is 0.102 e. The fraction of sp³-hybridized carbons (Fsp3) is 0.438. The van der Waals surface area contributed by atoms with Crippen molar-refractivity contribution in [1.29, 1.82) is 0 Å². The molecule has 0 heterocycles. The number of hydrogen-bond donors (Lipinski definition) is 1. The second kappa shape index (κ2) is 6.67. The van der Waals surface area contributed by atoms with Crippen LogP contribution < -0.4 is 5.32 Å². The highest BCUT2D eigenvalue weighted by Gasteiger charge is 2.23. The predicted molar refractivity (Wildman–Crippen MR) is 91.5 cm³/mol. The second-order valence-electron chi connectivity index (χ2n) is 5.46. The molecule has 1 atom stereocenters. The third-order valence-corrected chi connectivity index (χ3v) is 4.59. The molecule has 0 aromatic heterocycles. The van der Waals surface area contributed by atoms with Crippen molar-refractivity contribution in [1.82, 2.24) is 5.32 Å². The fourth-order valence-electron chi connectivity index (χ4n) is 1.64. The van der Waals surface area contributed by atoms with Gasteiger partial charge >= 0.3 is 0 Å². The summed E-state index contributed by atoms with van der Waals surface area (Å²) in [5.74, 6) is 0. The minimum absolute atomic E-state index is 0.0452. The number of benzene rings is 1. The molecule has 1 aromatic carbocycles. The Morgan fingerprint density at radius 1 is 1.37 bits per heavy atom. The standard InChI is InChI=1S/C16H22BrNS/c1-6-16(4,5)11(2)15(19)18-12(3)13-7-9-14(17)10-8-13/h7-10,12H,2,6H2,1,3-5H3,(H,18,19). The van der Waals surface area contributed by atoms with E-state index in [1.165, 1.54) is 5.56 Å². The van der Waals surface area contributed by atoms with Crippen LogP contribution in [0.25, 0.3) is 0 Å². The lowest BCUT2D eigenvalue weighted by Gasteiger charge is -2.28. The molecule has 0 saturated carbocycles. The zero-order chi connectivity index (χ0) is 14.6. The van der Waals surface area contributed by atoms with Gasteiger partial charge < -0.3 is 5.32 Å².